The Morgan fingerprint density at radius 2 is 1.84 bits per heavy atom. The second kappa shape index (κ2) is 14.5. The van der Waals surface area contributed by atoms with Gasteiger partial charge in [-0.15, -0.1) is 5.01 Å². The maximum Gasteiger partial charge on any atom is 0.438 e. The summed E-state index contributed by atoms with van der Waals surface area (Å²) in [6.45, 7) is 16.2. The summed E-state index contributed by atoms with van der Waals surface area (Å²) in [5.41, 5.74) is 3.50. The Kier molecular flexibility index (Phi) is 11.0. The van der Waals surface area contributed by atoms with Crippen LogP contribution in [0.4, 0.5) is 15.3 Å². The van der Waals surface area contributed by atoms with Gasteiger partial charge in [-0.25, -0.2) is 4.79 Å². The average molecular weight is 625 g/mol. The third-order valence-corrected chi connectivity index (χ3v) is 9.13. The van der Waals surface area contributed by atoms with Gasteiger partial charge in [-0.2, -0.15) is 5.10 Å². The molecule has 0 bridgehead atoms. The summed E-state index contributed by atoms with van der Waals surface area (Å²) >= 11 is 1.04. The van der Waals surface area contributed by atoms with Crippen LogP contribution in [0.15, 0.2) is 41.5 Å². The lowest BCUT2D eigenvalue weighted by Crippen LogP contribution is -2.41. The molecule has 2 heterocycles. The number of rotatable bonds is 11. The molecule has 0 saturated carbocycles. The minimum Gasteiger partial charge on any atom is -0.493 e. The summed E-state index contributed by atoms with van der Waals surface area (Å²) < 4.78 is 16.5. The Hall–Kier alpha value is -3.57. The van der Waals surface area contributed by atoms with E-state index >= 15 is 0 Å². The van der Waals surface area contributed by atoms with Gasteiger partial charge in [0.2, 0.25) is 0 Å². The molecule has 0 saturated heterocycles. The number of hydrazone groups is 1. The van der Waals surface area contributed by atoms with Gasteiger partial charge in [0, 0.05) is 24.3 Å². The number of ether oxygens (including phenoxy) is 3. The highest BCUT2D eigenvalue weighted by Crippen LogP contribution is 2.42. The fourth-order valence-electron chi connectivity index (χ4n) is 5.50. The van der Waals surface area contributed by atoms with E-state index in [4.69, 9.17) is 14.2 Å². The lowest BCUT2D eigenvalue weighted by molar-refractivity contribution is 0.0981. The van der Waals surface area contributed by atoms with E-state index in [1.54, 1.807) is 30.2 Å². The Morgan fingerprint density at radius 3 is 2.52 bits per heavy atom. The van der Waals surface area contributed by atoms with Gasteiger partial charge in [0.25, 0.3) is 5.91 Å². The molecule has 2 aromatic rings. The quantitative estimate of drug-likeness (QED) is 0.260. The molecule has 0 N–H and O–H groups in total. The molecule has 0 aromatic heterocycles. The molecule has 238 valence electrons. The second-order valence-corrected chi connectivity index (χ2v) is 12.7. The molecule has 0 radical (unpaired) electrons. The van der Waals surface area contributed by atoms with Gasteiger partial charge in [0.15, 0.2) is 11.5 Å². The smallest absolute Gasteiger partial charge is 0.438 e. The highest BCUT2D eigenvalue weighted by Gasteiger charge is 2.37. The number of imide groups is 1. The zero-order valence-corrected chi connectivity index (χ0v) is 27.7. The number of fused-ring (bicyclic) bond motifs is 1. The van der Waals surface area contributed by atoms with E-state index < -0.39 is 11.3 Å². The monoisotopic (exact) mass is 624 g/mol. The average Bonchev–Trinajstić information content (AvgIpc) is 3.01. The van der Waals surface area contributed by atoms with E-state index in [9.17, 15) is 14.4 Å². The van der Waals surface area contributed by atoms with Crippen molar-refractivity contribution in [2.24, 2.45) is 5.10 Å². The number of nitrogens with zero attached hydrogens (tertiary/aromatic N) is 4. The van der Waals surface area contributed by atoms with Crippen LogP contribution in [-0.2, 0) is 10.2 Å². The molecule has 10 nitrogen and oxygen atoms in total. The standard InChI is InChI=1S/C33H44N4O6S/c1-8-35(9-2)17-11-19-43-31(39)37-32(40)44-22(4)29(34-37)23-12-14-26-25(20-23)33(5,6)16-18-36(26)30(38)24-13-15-27(42-10-3)28(21-24)41-7/h12-15,20-22H,8-11,16-19H2,1-7H3. The SMILES string of the molecule is CCOc1ccc(C(=O)N2CCC(C)(C)c3cc(C4=NN(C(=O)OCCCN(CC)CC)C(=O)SC4C)ccc32)cc1OC. The first-order chi connectivity index (χ1) is 21.0. The topological polar surface area (TPSA) is 101 Å². The molecule has 0 fully saturated rings. The molecule has 0 spiro atoms. The zero-order valence-electron chi connectivity index (χ0n) is 26.8. The van der Waals surface area contributed by atoms with E-state index in [1.807, 2.05) is 32.0 Å². The first-order valence-electron chi connectivity index (χ1n) is 15.3. The van der Waals surface area contributed by atoms with Gasteiger partial charge in [-0.05, 0) is 86.7 Å². The largest absolute Gasteiger partial charge is 0.493 e. The summed E-state index contributed by atoms with van der Waals surface area (Å²) in [5, 5.41) is 4.59. The number of hydrogen-bond donors (Lipinski definition) is 0. The third kappa shape index (κ3) is 7.21. The minimum absolute atomic E-state index is 0.129. The van der Waals surface area contributed by atoms with Crippen molar-refractivity contribution in [2.75, 3.05) is 51.4 Å². The predicted molar refractivity (Wildman–Crippen MR) is 175 cm³/mol. The molecule has 2 aliphatic heterocycles. The lowest BCUT2D eigenvalue weighted by atomic mass is 9.76. The van der Waals surface area contributed by atoms with Crippen LogP contribution in [0.3, 0.4) is 0 Å². The van der Waals surface area contributed by atoms with E-state index in [2.05, 4.69) is 37.7 Å². The number of anilines is 1. The molecule has 11 heteroatoms. The molecule has 3 amide bonds. The third-order valence-electron chi connectivity index (χ3n) is 8.18. The minimum atomic E-state index is -0.771. The van der Waals surface area contributed by atoms with E-state index in [-0.39, 0.29) is 23.2 Å². The van der Waals surface area contributed by atoms with Crippen LogP contribution < -0.4 is 14.4 Å². The number of thioether (sulfide) groups is 1. The van der Waals surface area contributed by atoms with Gasteiger partial charge in [-0.3, -0.25) is 9.59 Å². The van der Waals surface area contributed by atoms with Gasteiger partial charge in [0.05, 0.1) is 31.3 Å². The number of methoxy groups -OCH3 is 1. The first kappa shape index (κ1) is 33.3. The van der Waals surface area contributed by atoms with Gasteiger partial charge in [-0.1, -0.05) is 45.5 Å². The van der Waals surface area contributed by atoms with Crippen molar-refractivity contribution in [3.05, 3.63) is 53.1 Å². The highest BCUT2D eigenvalue weighted by atomic mass is 32.2. The van der Waals surface area contributed by atoms with Crippen molar-refractivity contribution in [3.63, 3.8) is 0 Å². The Balaban J connectivity index is 1.59. The maximum absolute atomic E-state index is 13.8. The number of carbonyl (C=O) groups excluding carboxylic acids is 3. The molecule has 1 atom stereocenters. The van der Waals surface area contributed by atoms with Crippen LogP contribution in [0.25, 0.3) is 0 Å². The molecule has 1 unspecified atom stereocenters. The predicted octanol–water partition coefficient (Wildman–Crippen LogP) is 6.55. The summed E-state index contributed by atoms with van der Waals surface area (Å²) in [6, 6.07) is 11.1. The number of benzene rings is 2. The fourth-order valence-corrected chi connectivity index (χ4v) is 6.32. The van der Waals surface area contributed by atoms with E-state index in [1.165, 1.54) is 0 Å². The summed E-state index contributed by atoms with van der Waals surface area (Å²) in [7, 11) is 1.56. The Labute approximate surface area is 264 Å². The molecular formula is C33H44N4O6S. The summed E-state index contributed by atoms with van der Waals surface area (Å²) in [6.07, 6.45) is 0.658. The number of amides is 3. The van der Waals surface area contributed by atoms with Crippen molar-refractivity contribution in [1.29, 1.82) is 0 Å². The summed E-state index contributed by atoms with van der Waals surface area (Å²) in [4.78, 5) is 43.4. The molecule has 2 aromatic carbocycles. The second-order valence-electron chi connectivity index (χ2n) is 11.4. The lowest BCUT2D eigenvalue weighted by Gasteiger charge is -2.39. The molecular weight excluding hydrogens is 580 g/mol. The van der Waals surface area contributed by atoms with E-state index in [0.29, 0.717) is 42.3 Å². The number of carbonyl (C=O) groups is 3. The van der Waals surface area contributed by atoms with Crippen LogP contribution >= 0.6 is 11.8 Å². The van der Waals surface area contributed by atoms with Crippen LogP contribution in [0, 0.1) is 0 Å². The molecule has 44 heavy (non-hydrogen) atoms. The van der Waals surface area contributed by atoms with Crippen molar-refractivity contribution < 1.29 is 28.6 Å². The molecule has 0 aliphatic carbocycles. The zero-order chi connectivity index (χ0) is 32.0. The molecule has 4 rings (SSSR count). The first-order valence-corrected chi connectivity index (χ1v) is 16.2. The Bertz CT molecular complexity index is 1410. The molecule has 2 aliphatic rings. The summed E-state index contributed by atoms with van der Waals surface area (Å²) in [5.74, 6) is 0.969. The Morgan fingerprint density at radius 1 is 1.09 bits per heavy atom. The van der Waals surface area contributed by atoms with Gasteiger partial charge in [0.1, 0.15) is 0 Å². The van der Waals surface area contributed by atoms with Gasteiger partial charge >= 0.3 is 11.3 Å². The van der Waals surface area contributed by atoms with E-state index in [0.717, 1.165) is 59.6 Å². The van der Waals surface area contributed by atoms with Crippen molar-refractivity contribution in [1.82, 2.24) is 9.91 Å². The van der Waals surface area contributed by atoms with Crippen LogP contribution in [-0.4, -0.2) is 84.6 Å². The van der Waals surface area contributed by atoms with Crippen LogP contribution in [0.5, 0.6) is 11.5 Å². The number of hydrogen-bond acceptors (Lipinski definition) is 9. The van der Waals surface area contributed by atoms with Crippen molar-refractivity contribution in [2.45, 2.75) is 65.0 Å². The highest BCUT2D eigenvalue weighted by molar-refractivity contribution is 8.14. The fraction of sp³-hybridized carbons (Fsp3) is 0.515. The van der Waals surface area contributed by atoms with Crippen LogP contribution in [0.1, 0.15) is 75.9 Å². The normalized spacial score (nSPS) is 17.7. The van der Waals surface area contributed by atoms with Crippen molar-refractivity contribution >= 4 is 40.4 Å². The van der Waals surface area contributed by atoms with Crippen molar-refractivity contribution in [3.8, 4) is 11.5 Å². The van der Waals surface area contributed by atoms with Gasteiger partial charge < -0.3 is 24.0 Å². The van der Waals surface area contributed by atoms with Crippen LogP contribution in [0.2, 0.25) is 0 Å². The maximum atomic E-state index is 13.8.